The summed E-state index contributed by atoms with van der Waals surface area (Å²) in [7, 11) is 0. The van der Waals surface area contributed by atoms with Crippen molar-refractivity contribution in [2.75, 3.05) is 6.54 Å². The summed E-state index contributed by atoms with van der Waals surface area (Å²) >= 11 is 0. The average Bonchev–Trinajstić information content (AvgIpc) is 2.71. The van der Waals surface area contributed by atoms with Crippen molar-refractivity contribution in [1.82, 2.24) is 20.7 Å². The van der Waals surface area contributed by atoms with Gasteiger partial charge in [-0.25, -0.2) is 5.10 Å². The van der Waals surface area contributed by atoms with Gasteiger partial charge in [0.25, 0.3) is 11.5 Å². The summed E-state index contributed by atoms with van der Waals surface area (Å²) in [4.78, 5) is 22.5. The van der Waals surface area contributed by atoms with Crippen LogP contribution in [0.2, 0.25) is 0 Å². The number of aromatic amines is 1. The summed E-state index contributed by atoms with van der Waals surface area (Å²) in [5.74, 6) is 0.428. The van der Waals surface area contributed by atoms with Crippen LogP contribution in [0.25, 0.3) is 0 Å². The summed E-state index contributed by atoms with van der Waals surface area (Å²) in [6, 6.07) is 2.64. The monoisotopic (exact) mass is 262 g/mol. The van der Waals surface area contributed by atoms with E-state index in [0.717, 1.165) is 17.0 Å². The van der Waals surface area contributed by atoms with Crippen molar-refractivity contribution >= 4 is 5.91 Å². The van der Waals surface area contributed by atoms with Gasteiger partial charge in [-0.15, -0.1) is 0 Å². The Morgan fingerprint density at radius 1 is 1.42 bits per heavy atom. The van der Waals surface area contributed by atoms with Gasteiger partial charge < -0.3 is 9.84 Å². The van der Waals surface area contributed by atoms with Crippen molar-refractivity contribution in [3.63, 3.8) is 0 Å². The van der Waals surface area contributed by atoms with E-state index >= 15 is 0 Å². The molecule has 0 aliphatic heterocycles. The van der Waals surface area contributed by atoms with Crippen LogP contribution in [0.3, 0.4) is 0 Å². The molecular formula is C12H14N4O3. The molecule has 0 spiro atoms. The molecule has 0 unspecified atom stereocenters. The van der Waals surface area contributed by atoms with Gasteiger partial charge in [0.05, 0.1) is 5.69 Å². The van der Waals surface area contributed by atoms with Gasteiger partial charge in [-0.2, -0.15) is 5.10 Å². The molecule has 0 aromatic carbocycles. The molecule has 2 aromatic rings. The predicted octanol–water partition coefficient (Wildman–Crippen LogP) is 0.347. The van der Waals surface area contributed by atoms with E-state index in [1.165, 1.54) is 12.1 Å². The van der Waals surface area contributed by atoms with Gasteiger partial charge in [0, 0.05) is 18.2 Å². The first-order valence-corrected chi connectivity index (χ1v) is 5.83. The van der Waals surface area contributed by atoms with Crippen molar-refractivity contribution in [2.24, 2.45) is 0 Å². The molecule has 7 heteroatoms. The molecule has 0 saturated heterocycles. The zero-order valence-corrected chi connectivity index (χ0v) is 10.7. The standard InChI is InChI=1S/C12H14N4O3/c1-7-9(8(2)19-16-7)5-6-13-12(18)10-3-4-11(17)15-14-10/h3-4H,5-6H2,1-2H3,(H,13,18)(H,15,17). The second kappa shape index (κ2) is 5.47. The summed E-state index contributed by atoms with van der Waals surface area (Å²) in [5, 5.41) is 12.4. The zero-order chi connectivity index (χ0) is 13.8. The van der Waals surface area contributed by atoms with Crippen LogP contribution < -0.4 is 10.9 Å². The second-order valence-electron chi connectivity index (χ2n) is 4.12. The molecule has 0 aliphatic carbocycles. The molecule has 2 heterocycles. The molecule has 0 fully saturated rings. The van der Waals surface area contributed by atoms with Crippen molar-refractivity contribution in [3.05, 3.63) is 45.2 Å². The Labute approximate surface area is 109 Å². The normalized spacial score (nSPS) is 10.4. The van der Waals surface area contributed by atoms with Gasteiger partial charge in [0.2, 0.25) is 0 Å². The van der Waals surface area contributed by atoms with E-state index in [1.807, 2.05) is 13.8 Å². The number of nitrogens with zero attached hydrogens (tertiary/aromatic N) is 2. The van der Waals surface area contributed by atoms with Crippen LogP contribution in [0, 0.1) is 13.8 Å². The van der Waals surface area contributed by atoms with E-state index in [1.54, 1.807) is 0 Å². The van der Waals surface area contributed by atoms with Crippen LogP contribution in [0.15, 0.2) is 21.5 Å². The third-order valence-corrected chi connectivity index (χ3v) is 2.75. The van der Waals surface area contributed by atoms with Gasteiger partial charge in [-0.3, -0.25) is 9.59 Å². The maximum absolute atomic E-state index is 11.7. The molecule has 0 bridgehead atoms. The fourth-order valence-corrected chi connectivity index (χ4v) is 1.72. The largest absolute Gasteiger partial charge is 0.361 e. The van der Waals surface area contributed by atoms with E-state index in [4.69, 9.17) is 4.52 Å². The predicted molar refractivity (Wildman–Crippen MR) is 66.9 cm³/mol. The average molecular weight is 262 g/mol. The Hall–Kier alpha value is -2.44. The van der Waals surface area contributed by atoms with Crippen LogP contribution in [-0.2, 0) is 6.42 Å². The highest BCUT2D eigenvalue weighted by Crippen LogP contribution is 2.12. The van der Waals surface area contributed by atoms with E-state index in [9.17, 15) is 9.59 Å². The maximum Gasteiger partial charge on any atom is 0.271 e. The fourth-order valence-electron chi connectivity index (χ4n) is 1.72. The molecule has 2 rings (SSSR count). The van der Waals surface area contributed by atoms with Crippen LogP contribution >= 0.6 is 0 Å². The van der Waals surface area contributed by atoms with Crippen LogP contribution in [0.1, 0.15) is 27.5 Å². The van der Waals surface area contributed by atoms with Gasteiger partial charge in [-0.05, 0) is 26.3 Å². The first-order valence-electron chi connectivity index (χ1n) is 5.83. The first kappa shape index (κ1) is 13.0. The van der Waals surface area contributed by atoms with Crippen molar-refractivity contribution in [1.29, 1.82) is 0 Å². The number of carbonyl (C=O) groups is 1. The summed E-state index contributed by atoms with van der Waals surface area (Å²) in [6.07, 6.45) is 0.635. The van der Waals surface area contributed by atoms with E-state index in [-0.39, 0.29) is 17.2 Å². The second-order valence-corrected chi connectivity index (χ2v) is 4.12. The molecule has 0 saturated carbocycles. The Balaban J connectivity index is 1.91. The lowest BCUT2D eigenvalue weighted by molar-refractivity contribution is 0.0948. The highest BCUT2D eigenvalue weighted by atomic mass is 16.5. The Morgan fingerprint density at radius 3 is 2.79 bits per heavy atom. The zero-order valence-electron chi connectivity index (χ0n) is 10.7. The van der Waals surface area contributed by atoms with E-state index in [0.29, 0.717) is 13.0 Å². The lowest BCUT2D eigenvalue weighted by Gasteiger charge is -2.03. The highest BCUT2D eigenvalue weighted by Gasteiger charge is 2.10. The molecule has 100 valence electrons. The van der Waals surface area contributed by atoms with Gasteiger partial charge in [0.15, 0.2) is 0 Å². The Morgan fingerprint density at radius 2 is 2.21 bits per heavy atom. The smallest absolute Gasteiger partial charge is 0.271 e. The molecule has 0 atom stereocenters. The number of amides is 1. The molecule has 1 amide bonds. The summed E-state index contributed by atoms with van der Waals surface area (Å²) in [5.41, 5.74) is 1.66. The van der Waals surface area contributed by atoms with Crippen molar-refractivity contribution < 1.29 is 9.32 Å². The molecule has 2 N–H and O–H groups in total. The molecule has 2 aromatic heterocycles. The third-order valence-electron chi connectivity index (χ3n) is 2.75. The summed E-state index contributed by atoms with van der Waals surface area (Å²) < 4.78 is 5.04. The van der Waals surface area contributed by atoms with Crippen molar-refractivity contribution in [3.8, 4) is 0 Å². The number of carbonyl (C=O) groups excluding carboxylic acids is 1. The van der Waals surface area contributed by atoms with Crippen LogP contribution in [0.4, 0.5) is 0 Å². The van der Waals surface area contributed by atoms with Gasteiger partial charge in [0.1, 0.15) is 11.5 Å². The number of rotatable bonds is 4. The molecule has 0 aliphatic rings. The van der Waals surface area contributed by atoms with Gasteiger partial charge in [-0.1, -0.05) is 5.16 Å². The molecule has 0 radical (unpaired) electrons. The first-order chi connectivity index (χ1) is 9.08. The fraction of sp³-hybridized carbons (Fsp3) is 0.333. The van der Waals surface area contributed by atoms with Gasteiger partial charge >= 0.3 is 0 Å². The number of hydrogen-bond acceptors (Lipinski definition) is 5. The minimum atomic E-state index is -0.340. The maximum atomic E-state index is 11.7. The molecule has 19 heavy (non-hydrogen) atoms. The minimum absolute atomic E-state index is 0.179. The van der Waals surface area contributed by atoms with Crippen LogP contribution in [0.5, 0.6) is 0 Å². The highest BCUT2D eigenvalue weighted by molar-refractivity contribution is 5.91. The lowest BCUT2D eigenvalue weighted by Crippen LogP contribution is -2.27. The molecule has 7 nitrogen and oxygen atoms in total. The van der Waals surface area contributed by atoms with E-state index in [2.05, 4.69) is 20.7 Å². The number of aryl methyl sites for hydroxylation is 2. The SMILES string of the molecule is Cc1noc(C)c1CCNC(=O)c1ccc(=O)[nH]n1. The number of hydrogen-bond donors (Lipinski definition) is 2. The number of H-pyrrole nitrogens is 1. The number of aromatic nitrogens is 3. The van der Waals surface area contributed by atoms with Crippen molar-refractivity contribution in [2.45, 2.75) is 20.3 Å². The van der Waals surface area contributed by atoms with E-state index < -0.39 is 0 Å². The third kappa shape index (κ3) is 3.06. The molecular weight excluding hydrogens is 248 g/mol. The number of nitrogens with one attached hydrogen (secondary N) is 2. The Bertz CT molecular complexity index is 605. The lowest BCUT2D eigenvalue weighted by atomic mass is 10.1. The topological polar surface area (TPSA) is 101 Å². The minimum Gasteiger partial charge on any atom is -0.361 e. The summed E-state index contributed by atoms with van der Waals surface area (Å²) in [6.45, 7) is 4.14. The Kier molecular flexibility index (Phi) is 3.74. The van der Waals surface area contributed by atoms with Crippen LogP contribution in [-0.4, -0.2) is 27.8 Å². The quantitative estimate of drug-likeness (QED) is 0.827.